The van der Waals surface area contributed by atoms with E-state index in [4.69, 9.17) is 18.9 Å². The van der Waals surface area contributed by atoms with E-state index in [-0.39, 0.29) is 49.2 Å². The summed E-state index contributed by atoms with van der Waals surface area (Å²) in [5, 5.41) is 0.609. The van der Waals surface area contributed by atoms with Crippen molar-refractivity contribution in [3.63, 3.8) is 0 Å². The number of methoxy groups -OCH3 is 4. The molecule has 0 saturated heterocycles. The average Bonchev–Trinajstić information content (AvgIpc) is 3.72. The molecule has 0 aliphatic rings. The largest absolute Gasteiger partial charge is 2.00 e. The van der Waals surface area contributed by atoms with Crippen molar-refractivity contribution in [1.29, 1.82) is 0 Å². The van der Waals surface area contributed by atoms with E-state index in [0.29, 0.717) is 43.9 Å². The first-order chi connectivity index (χ1) is 23.1. The molecule has 0 saturated carbocycles. The van der Waals surface area contributed by atoms with Crippen molar-refractivity contribution in [2.24, 2.45) is 0 Å². The van der Waals surface area contributed by atoms with Gasteiger partial charge in [-0.1, -0.05) is 12.1 Å². The Hall–Kier alpha value is -3.56. The Kier molecular flexibility index (Phi) is 13.2. The maximum atomic E-state index is 12.6. The van der Waals surface area contributed by atoms with Crippen LogP contribution in [0.25, 0.3) is 22.1 Å². The van der Waals surface area contributed by atoms with E-state index in [1.165, 1.54) is 0 Å². The second kappa shape index (κ2) is 16.9. The molecule has 0 aliphatic carbocycles. The molecule has 2 unspecified atom stereocenters. The molecule has 0 amide bonds. The standard InChI is InChI=1S/2C17H18N3O3S.Ca/c2*1-10-8-18-15(11(2)16(10)23-4)9-24(21)17-19-13-6-5-12(22-3)7-14(13)20-17;/h2*5-8H,9H2,1-4H3;/q2*-1;+2. The van der Waals surface area contributed by atoms with Gasteiger partial charge >= 0.3 is 37.7 Å². The quantitative estimate of drug-likeness (QED) is 0.180. The number of imidazole rings is 2. The summed E-state index contributed by atoms with van der Waals surface area (Å²) in [4.78, 5) is 26.2. The minimum absolute atomic E-state index is 0. The molecule has 15 heteroatoms. The fourth-order valence-electron chi connectivity index (χ4n) is 5.11. The van der Waals surface area contributed by atoms with Gasteiger partial charge in [-0.2, -0.15) is 0 Å². The van der Waals surface area contributed by atoms with Crippen LogP contribution in [0, 0.1) is 27.7 Å². The van der Waals surface area contributed by atoms with Gasteiger partial charge in [-0.3, -0.25) is 18.4 Å². The van der Waals surface area contributed by atoms with Gasteiger partial charge in [-0.05, 0) is 74.0 Å². The first-order valence-corrected chi connectivity index (χ1v) is 17.4. The van der Waals surface area contributed by atoms with Crippen LogP contribution in [0.3, 0.4) is 0 Å². The summed E-state index contributed by atoms with van der Waals surface area (Å²) < 4.78 is 46.4. The topological polar surface area (TPSA) is 151 Å². The predicted molar refractivity (Wildman–Crippen MR) is 190 cm³/mol. The van der Waals surface area contributed by atoms with Crippen molar-refractivity contribution >= 4 is 81.4 Å². The summed E-state index contributed by atoms with van der Waals surface area (Å²) in [6.07, 6.45) is 3.46. The van der Waals surface area contributed by atoms with E-state index in [9.17, 15) is 8.42 Å². The molecule has 0 spiro atoms. The normalized spacial score (nSPS) is 12.1. The monoisotopic (exact) mass is 728 g/mol. The van der Waals surface area contributed by atoms with Crippen LogP contribution in [-0.4, -0.2) is 94.5 Å². The zero-order valence-electron chi connectivity index (χ0n) is 28.7. The molecule has 6 aromatic rings. The predicted octanol–water partition coefficient (Wildman–Crippen LogP) is 4.68. The number of pyridine rings is 2. The summed E-state index contributed by atoms with van der Waals surface area (Å²) in [6.45, 7) is 7.69. The molecule has 6 rings (SSSR count). The number of nitrogens with zero attached hydrogens (tertiary/aromatic N) is 6. The molecule has 0 bridgehead atoms. The van der Waals surface area contributed by atoms with Crippen LogP contribution < -0.4 is 28.9 Å². The van der Waals surface area contributed by atoms with Crippen molar-refractivity contribution in [2.75, 3.05) is 28.4 Å². The molecule has 4 aromatic heterocycles. The third-order valence-corrected chi connectivity index (χ3v) is 9.92. The van der Waals surface area contributed by atoms with Crippen LogP contribution in [0.4, 0.5) is 0 Å². The fourth-order valence-corrected chi connectivity index (χ4v) is 7.24. The zero-order valence-corrected chi connectivity index (χ0v) is 32.5. The van der Waals surface area contributed by atoms with Crippen LogP contribution in [0.1, 0.15) is 33.6 Å². The van der Waals surface area contributed by atoms with Crippen molar-refractivity contribution in [3.8, 4) is 23.0 Å². The molecule has 12 nitrogen and oxygen atoms in total. The maximum Gasteiger partial charge on any atom is 2.00 e. The molecule has 49 heavy (non-hydrogen) atoms. The number of fused-ring (bicyclic) bond motifs is 2. The number of hydrogen-bond donors (Lipinski definition) is 0. The van der Waals surface area contributed by atoms with Gasteiger partial charge in [0.05, 0.1) is 72.9 Å². The second-order valence-electron chi connectivity index (χ2n) is 10.8. The summed E-state index contributed by atoms with van der Waals surface area (Å²) in [6, 6.07) is 10.8. The van der Waals surface area contributed by atoms with Gasteiger partial charge in [0, 0.05) is 45.0 Å². The van der Waals surface area contributed by atoms with Gasteiger partial charge in [-0.25, -0.2) is 0 Å². The molecule has 252 valence electrons. The number of rotatable bonds is 10. The van der Waals surface area contributed by atoms with Gasteiger partial charge in [0.2, 0.25) is 0 Å². The maximum absolute atomic E-state index is 12.6. The summed E-state index contributed by atoms with van der Waals surface area (Å²) >= 11 is 0. The van der Waals surface area contributed by atoms with Crippen LogP contribution in [0.15, 0.2) is 59.1 Å². The first-order valence-electron chi connectivity index (χ1n) is 14.8. The molecule has 0 aliphatic heterocycles. The number of aromatic nitrogens is 6. The fraction of sp³-hybridized carbons (Fsp3) is 0.294. The molecule has 0 fully saturated rings. The van der Waals surface area contributed by atoms with E-state index in [1.54, 1.807) is 77.2 Å². The van der Waals surface area contributed by atoms with E-state index in [2.05, 4.69) is 29.9 Å². The van der Waals surface area contributed by atoms with Crippen LogP contribution >= 0.6 is 0 Å². The molecular weight excluding hydrogens is 693 g/mol. The molecule has 0 radical (unpaired) electrons. The summed E-state index contributed by atoms with van der Waals surface area (Å²) in [5.74, 6) is 3.43. The van der Waals surface area contributed by atoms with Gasteiger partial charge in [0.15, 0.2) is 0 Å². The number of hydrogen-bond acceptors (Lipinski definition) is 10. The summed E-state index contributed by atoms with van der Waals surface area (Å²) in [5.41, 5.74) is 7.87. The third-order valence-electron chi connectivity index (χ3n) is 7.67. The second-order valence-corrected chi connectivity index (χ2v) is 13.5. The Morgan fingerprint density at radius 1 is 0.612 bits per heavy atom. The number of ether oxygens (including phenoxy) is 4. The molecule has 2 aromatic carbocycles. The van der Waals surface area contributed by atoms with E-state index >= 15 is 0 Å². The van der Waals surface area contributed by atoms with Gasteiger partial charge in [0.1, 0.15) is 23.0 Å². The Bertz CT molecular complexity index is 2000. The van der Waals surface area contributed by atoms with E-state index < -0.39 is 21.6 Å². The van der Waals surface area contributed by atoms with Crippen LogP contribution in [0.2, 0.25) is 0 Å². The van der Waals surface area contributed by atoms with Crippen molar-refractivity contribution in [1.82, 2.24) is 29.9 Å². The Balaban J connectivity index is 0.000000216. The van der Waals surface area contributed by atoms with Gasteiger partial charge in [0.25, 0.3) is 0 Å². The third kappa shape index (κ3) is 8.61. The Morgan fingerprint density at radius 2 is 1.00 bits per heavy atom. The molecule has 2 atom stereocenters. The SMILES string of the molecule is COc1ccc2[n-]c(S(=O)Cc3ncc(C)c(OC)c3C)nc2c1.COc1ccc2[n-]c(S(=O)Cc3ncc(C)c(OC)c3C)nc2c1.[Ca+2]. The van der Waals surface area contributed by atoms with E-state index in [0.717, 1.165) is 45.1 Å². The smallest absolute Gasteiger partial charge is 0.497 e. The number of aryl methyl sites for hydroxylation is 2. The van der Waals surface area contributed by atoms with Crippen molar-refractivity contribution in [2.45, 2.75) is 49.5 Å². The van der Waals surface area contributed by atoms with Crippen LogP contribution in [0.5, 0.6) is 23.0 Å². The van der Waals surface area contributed by atoms with Gasteiger partial charge < -0.3 is 38.9 Å². The summed E-state index contributed by atoms with van der Waals surface area (Å²) in [7, 11) is 3.66. The Morgan fingerprint density at radius 3 is 1.35 bits per heavy atom. The van der Waals surface area contributed by atoms with E-state index in [1.807, 2.05) is 27.7 Å². The first kappa shape index (κ1) is 38.2. The molecule has 0 N–H and O–H groups in total. The molecular formula is C34H36CaN6O6S2. The minimum Gasteiger partial charge on any atom is -0.497 e. The zero-order chi connectivity index (χ0) is 34.5. The average molecular weight is 729 g/mol. The number of benzene rings is 2. The van der Waals surface area contributed by atoms with Gasteiger partial charge in [-0.15, -0.1) is 0 Å². The van der Waals surface area contributed by atoms with Crippen molar-refractivity contribution in [3.05, 3.63) is 82.4 Å². The Labute approximate surface area is 319 Å². The van der Waals surface area contributed by atoms with Crippen LogP contribution in [-0.2, 0) is 33.1 Å². The van der Waals surface area contributed by atoms with Crippen molar-refractivity contribution < 1.29 is 27.4 Å². The minimum atomic E-state index is -1.38. The molecule has 4 heterocycles.